The lowest BCUT2D eigenvalue weighted by molar-refractivity contribution is 0.373. The standard InChI is InChI=1S/C100H74F20N8S4/c1-9-17-39-33-47-53-25-27-55(129-53)49-37-43(21-13-5)95(125-49)69(65-75(105)83(113)89(119)84(114)76(65)106)97-45(23-15-7)61(99(127-97)59-31-29-57(131-59)51-35-41(19-11-3)93(123-51)67(91(39)121-47)63-71(101)79(109)87(117)80(110)72(63)102)62-46(24-16-8)98-70(66-77(107)85(115)90(120)86(116)78(66)108)96-44(22-14-6)38-50(126-96)56-28-26-54(130-56)48-34-40(18-10-2)92(122-48)68(64-73(103)81(111)88(118)82(112)74(64)104)94-42(20-12-4)36-52(124-94)58-30-32-60(132-58)100(62)128-98/h25-38,121,124,126-127H,9-24H2,1-8H3/b92-68-,95-69-. The SMILES string of the molecule is CCCC1=CC2=N/C1=C(/c1c(F)c(F)c(F)c(F)c1F)c1[nH]c(cc1CCC)-c1ccc(s1)-c1[n-]c(c(CCC)c1-c1c3[nH]c(c1CCC)/C(c1c(F)c(F)c(F)c(F)c1F)=C1\N=C(C=C1CCC)c1ccc(s1)-c1cc(CCC)c([nH]1)[C+](c1c(F)c(F)c(F)c(F)c1F)c1[n-]c(cc1CCC)-c1ccc-3s1)[C+](c1c(F)c(F)c(F)c(F)c1F)c1[nH]c(cc1CCC)-c1ccc2s1. The van der Waals surface area contributed by atoms with Crippen molar-refractivity contribution in [3.8, 4) is 74.6 Å². The van der Waals surface area contributed by atoms with Gasteiger partial charge in [0.25, 0.3) is 0 Å². The fourth-order valence-corrected chi connectivity index (χ4v) is 22.1. The Hall–Kier alpha value is -12.0. The molecule has 0 radical (unpaired) electrons. The number of nitrogens with zero attached hydrogens (tertiary/aromatic N) is 4. The lowest BCUT2D eigenvalue weighted by atomic mass is 9.83. The molecule has 678 valence electrons. The predicted molar refractivity (Wildman–Crippen MR) is 474 cm³/mol. The molecular formula is C100H74F20N8S4. The summed E-state index contributed by atoms with van der Waals surface area (Å²) < 4.78 is 336. The second-order valence-electron chi connectivity index (χ2n) is 32.6. The van der Waals surface area contributed by atoms with Gasteiger partial charge in [-0.1, -0.05) is 92.5 Å². The summed E-state index contributed by atoms with van der Waals surface area (Å²) in [4.78, 5) is 36.1. The first-order chi connectivity index (χ1) is 63.4. The molecule has 24 bridgehead atoms. The first-order valence-electron chi connectivity index (χ1n) is 43.0. The molecule has 0 amide bonds. The maximum atomic E-state index is 18.1. The number of H-pyrrole nitrogens is 4. The van der Waals surface area contributed by atoms with Crippen molar-refractivity contribution in [1.82, 2.24) is 29.9 Å². The minimum Gasteiger partial charge on any atom is -0.642 e. The van der Waals surface area contributed by atoms with Gasteiger partial charge in [0.1, 0.15) is 11.4 Å². The van der Waals surface area contributed by atoms with Crippen molar-refractivity contribution in [3.63, 3.8) is 0 Å². The van der Waals surface area contributed by atoms with Crippen molar-refractivity contribution in [2.24, 2.45) is 9.98 Å². The zero-order valence-electron chi connectivity index (χ0n) is 71.4. The van der Waals surface area contributed by atoms with Gasteiger partial charge in [0.05, 0.1) is 109 Å². The smallest absolute Gasteiger partial charge is 0.239 e. The molecule has 0 fully saturated rings. The molecule has 132 heavy (non-hydrogen) atoms. The first kappa shape index (κ1) is 90.5. The number of benzene rings is 4. The first-order valence-corrected chi connectivity index (χ1v) is 46.3. The normalized spacial score (nSPS) is 14.8. The van der Waals surface area contributed by atoms with E-state index in [0.717, 1.165) is 45.3 Å². The van der Waals surface area contributed by atoms with Gasteiger partial charge in [-0.25, -0.2) is 53.9 Å². The van der Waals surface area contributed by atoms with Crippen LogP contribution < -0.4 is 9.97 Å². The summed E-state index contributed by atoms with van der Waals surface area (Å²) in [6, 6.07) is 19.1. The minimum absolute atomic E-state index is 0.00161. The number of halogens is 20. The van der Waals surface area contributed by atoms with E-state index in [-0.39, 0.29) is 227 Å². The quantitative estimate of drug-likeness (QED) is 0.0248. The maximum absolute atomic E-state index is 18.1. The van der Waals surface area contributed by atoms with Gasteiger partial charge in [-0.3, -0.25) is 0 Å². The van der Waals surface area contributed by atoms with E-state index in [9.17, 15) is 0 Å². The van der Waals surface area contributed by atoms with Crippen LogP contribution in [-0.4, -0.2) is 31.4 Å². The highest BCUT2D eigenvalue weighted by Crippen LogP contribution is 2.57. The van der Waals surface area contributed by atoms with Gasteiger partial charge in [0.2, 0.25) is 69.8 Å². The molecule has 4 aromatic carbocycles. The number of aromatic nitrogens is 6. The van der Waals surface area contributed by atoms with Crippen molar-refractivity contribution >= 4 is 67.9 Å². The fraction of sp³-hybridized carbons (Fsp3) is 0.240. The van der Waals surface area contributed by atoms with Crippen LogP contribution >= 0.6 is 45.3 Å². The highest BCUT2D eigenvalue weighted by molar-refractivity contribution is 7.19. The van der Waals surface area contributed by atoms with Gasteiger partial charge >= 0.3 is 0 Å². The number of aliphatic imine (C=N–C) groups is 2. The van der Waals surface area contributed by atoms with Gasteiger partial charge in [-0.15, -0.1) is 56.7 Å². The number of thiophene rings is 4. The van der Waals surface area contributed by atoms with Crippen LogP contribution in [0.2, 0.25) is 0 Å². The minimum atomic E-state index is -2.52. The molecule has 4 aliphatic heterocycles. The summed E-state index contributed by atoms with van der Waals surface area (Å²) >= 11 is 3.96. The number of hydrogen-bond donors (Lipinski definition) is 4. The van der Waals surface area contributed by atoms with Crippen LogP contribution in [0.3, 0.4) is 0 Å². The van der Waals surface area contributed by atoms with Crippen molar-refractivity contribution < 1.29 is 87.8 Å². The Morgan fingerprint density at radius 3 is 1.09 bits per heavy atom. The molecule has 4 N–H and O–H groups in total. The third-order valence-corrected chi connectivity index (χ3v) is 28.5. The molecule has 0 atom stereocenters. The summed E-state index contributed by atoms with van der Waals surface area (Å²) in [6.45, 7) is 14.1. The van der Waals surface area contributed by atoms with E-state index < -0.39 is 167 Å². The molecule has 0 aliphatic carbocycles. The zero-order chi connectivity index (χ0) is 93.5. The second kappa shape index (κ2) is 35.5. The molecule has 14 heterocycles. The molecule has 0 saturated carbocycles. The second-order valence-corrected chi connectivity index (χ2v) is 37.0. The van der Waals surface area contributed by atoms with Crippen LogP contribution in [0.1, 0.15) is 219 Å². The lowest BCUT2D eigenvalue weighted by Crippen LogP contribution is -2.18. The van der Waals surface area contributed by atoms with Crippen LogP contribution in [0.4, 0.5) is 87.8 Å². The Morgan fingerprint density at radius 2 is 0.636 bits per heavy atom. The third kappa shape index (κ3) is 14.7. The number of hydrogen-bond acceptors (Lipinski definition) is 6. The summed E-state index contributed by atoms with van der Waals surface area (Å²) in [5.41, 5.74) is -6.46. The van der Waals surface area contributed by atoms with Gasteiger partial charge in [0, 0.05) is 68.1 Å². The van der Waals surface area contributed by atoms with Gasteiger partial charge < -0.3 is 29.9 Å². The van der Waals surface area contributed by atoms with E-state index in [0.29, 0.717) is 56.3 Å². The van der Waals surface area contributed by atoms with Crippen molar-refractivity contribution in [3.05, 3.63) is 335 Å². The van der Waals surface area contributed by atoms with Crippen LogP contribution in [0.15, 0.2) is 117 Å². The van der Waals surface area contributed by atoms with Crippen LogP contribution in [-0.2, 0) is 38.5 Å². The molecule has 0 spiro atoms. The molecule has 10 aromatic heterocycles. The molecule has 18 rings (SSSR count). The third-order valence-electron chi connectivity index (χ3n) is 24.0. The molecular weight excluding hydrogens is 1820 g/mol. The molecule has 4 aliphatic rings. The molecule has 8 nitrogen and oxygen atoms in total. The topological polar surface area (TPSA) is 116 Å². The molecule has 14 aromatic rings. The largest absolute Gasteiger partial charge is 0.642 e. The van der Waals surface area contributed by atoms with E-state index in [1.165, 1.54) is 0 Å². The molecule has 32 heteroatoms. The van der Waals surface area contributed by atoms with Crippen LogP contribution in [0.5, 0.6) is 0 Å². The maximum Gasteiger partial charge on any atom is 0.239 e. The number of aromatic amines is 4. The van der Waals surface area contributed by atoms with Crippen molar-refractivity contribution in [1.29, 1.82) is 0 Å². The number of fused-ring (bicyclic) bond motifs is 30. The highest BCUT2D eigenvalue weighted by Gasteiger charge is 2.46. The molecule has 0 unspecified atom stereocenters. The van der Waals surface area contributed by atoms with Gasteiger partial charge in [-0.05, 0) is 170 Å². The summed E-state index contributed by atoms with van der Waals surface area (Å²) in [5.74, 6) is -47.4. The van der Waals surface area contributed by atoms with Crippen LogP contribution in [0, 0.1) is 128 Å². The Labute approximate surface area is 758 Å². The fourth-order valence-electron chi connectivity index (χ4n) is 18.3. The average molecular weight is 1900 g/mol. The zero-order valence-corrected chi connectivity index (χ0v) is 74.6. The Morgan fingerprint density at radius 1 is 0.288 bits per heavy atom. The van der Waals surface area contributed by atoms with E-state index >= 15 is 87.8 Å². The van der Waals surface area contributed by atoms with Crippen molar-refractivity contribution in [2.45, 2.75) is 158 Å². The number of allylic oxidation sites excluding steroid dienone is 4. The van der Waals surface area contributed by atoms with Gasteiger partial charge in [0.15, 0.2) is 57.7 Å². The summed E-state index contributed by atoms with van der Waals surface area (Å²) in [5, 5.41) is 0. The Kier molecular flexibility index (Phi) is 24.4. The average Bonchev–Trinajstić information content (AvgIpc) is 1.55. The van der Waals surface area contributed by atoms with E-state index in [1.807, 2.05) is 0 Å². The summed E-state index contributed by atoms with van der Waals surface area (Å²) in [7, 11) is 0. The molecule has 0 saturated heterocycles. The van der Waals surface area contributed by atoms with E-state index in [4.69, 9.17) is 20.0 Å². The number of aryl methyl sites for hydroxylation is 4. The van der Waals surface area contributed by atoms with E-state index in [1.54, 1.807) is 140 Å². The predicted octanol–water partition coefficient (Wildman–Crippen LogP) is 30.0. The van der Waals surface area contributed by atoms with Crippen molar-refractivity contribution in [2.75, 3.05) is 0 Å². The number of rotatable bonds is 21. The van der Waals surface area contributed by atoms with E-state index in [2.05, 4.69) is 19.9 Å². The monoisotopic (exact) mass is 1890 g/mol. The Bertz CT molecular complexity index is 7190. The number of nitrogens with one attached hydrogen (secondary N) is 4. The summed E-state index contributed by atoms with van der Waals surface area (Å²) in [6.07, 6.45) is 5.05. The highest BCUT2D eigenvalue weighted by atomic mass is 32.1. The van der Waals surface area contributed by atoms with Crippen LogP contribution in [0.25, 0.3) is 85.7 Å². The lowest BCUT2D eigenvalue weighted by Gasteiger charge is -2.21. The Balaban J connectivity index is 1.02. The van der Waals surface area contributed by atoms with Gasteiger partial charge in [-0.2, -0.15) is 43.9 Å².